The van der Waals surface area contributed by atoms with E-state index in [1.165, 1.54) is 0 Å². The summed E-state index contributed by atoms with van der Waals surface area (Å²) in [6, 6.07) is 8.16. The lowest BCUT2D eigenvalue weighted by atomic mass is 10.2. The van der Waals surface area contributed by atoms with Gasteiger partial charge in [-0.3, -0.25) is 10.9 Å². The molecule has 0 aliphatic rings. The molecule has 0 aliphatic heterocycles. The zero-order chi connectivity index (χ0) is 18.4. The topological polar surface area (TPSA) is 58.2 Å². The second-order valence-corrected chi connectivity index (χ2v) is 5.65. The van der Waals surface area contributed by atoms with Gasteiger partial charge >= 0.3 is 6.18 Å². The van der Waals surface area contributed by atoms with Crippen LogP contribution in [0.2, 0.25) is 5.02 Å². The molecular formula is C15H14ClF3N4OS. The minimum absolute atomic E-state index is 0.0308. The predicted molar refractivity (Wildman–Crippen MR) is 93.4 cm³/mol. The second-order valence-electron chi connectivity index (χ2n) is 4.83. The number of alkyl halides is 3. The molecule has 0 atom stereocenters. The molecule has 3 N–H and O–H groups in total. The van der Waals surface area contributed by atoms with Crippen LogP contribution < -0.4 is 20.9 Å². The number of rotatable bonds is 5. The zero-order valence-electron chi connectivity index (χ0n) is 12.9. The third-order valence-corrected chi connectivity index (χ3v) is 3.61. The summed E-state index contributed by atoms with van der Waals surface area (Å²) >= 11 is 10.8. The standard InChI is InChI=1S/C15H14ClF3N4OS/c1-24-11-4-2-9(3-5-11)7-21-14(25)23-22-13-12(16)6-10(8-20-13)15(17,18)19/h2-6,8H,7H2,1H3,(H,20,22)(H2,21,23,25). The third-order valence-electron chi connectivity index (χ3n) is 3.08. The number of methoxy groups -OCH3 is 1. The predicted octanol–water partition coefficient (Wildman–Crippen LogP) is 3.75. The lowest BCUT2D eigenvalue weighted by molar-refractivity contribution is -0.137. The number of hydrazine groups is 1. The molecule has 0 amide bonds. The van der Waals surface area contributed by atoms with Gasteiger partial charge in [0.15, 0.2) is 10.9 Å². The normalized spacial score (nSPS) is 10.9. The lowest BCUT2D eigenvalue weighted by Gasteiger charge is -2.14. The van der Waals surface area contributed by atoms with E-state index < -0.39 is 11.7 Å². The Hall–Kier alpha value is -2.26. The molecule has 0 saturated carbocycles. The van der Waals surface area contributed by atoms with Crippen molar-refractivity contribution in [2.75, 3.05) is 12.5 Å². The number of pyridine rings is 1. The first-order chi connectivity index (χ1) is 11.8. The average molecular weight is 391 g/mol. The highest BCUT2D eigenvalue weighted by atomic mass is 35.5. The number of ether oxygens (including phenoxy) is 1. The van der Waals surface area contributed by atoms with Gasteiger partial charge in [-0.05, 0) is 36.0 Å². The minimum Gasteiger partial charge on any atom is -0.497 e. The average Bonchev–Trinajstić information content (AvgIpc) is 2.58. The van der Waals surface area contributed by atoms with Crippen molar-refractivity contribution in [2.24, 2.45) is 0 Å². The summed E-state index contributed by atoms with van der Waals surface area (Å²) in [6.07, 6.45) is -3.82. The Kier molecular flexibility index (Phi) is 6.27. The first-order valence-electron chi connectivity index (χ1n) is 6.95. The molecule has 1 aromatic heterocycles. The Bertz CT molecular complexity index is 741. The van der Waals surface area contributed by atoms with E-state index in [0.717, 1.165) is 17.4 Å². The van der Waals surface area contributed by atoms with Crippen molar-refractivity contribution in [3.63, 3.8) is 0 Å². The van der Waals surface area contributed by atoms with Crippen LogP contribution in [0.25, 0.3) is 0 Å². The molecule has 0 unspecified atom stereocenters. The summed E-state index contributed by atoms with van der Waals surface area (Å²) in [4.78, 5) is 3.63. The SMILES string of the molecule is COc1ccc(CNC(=S)NNc2ncc(C(F)(F)F)cc2Cl)cc1. The zero-order valence-corrected chi connectivity index (χ0v) is 14.5. The summed E-state index contributed by atoms with van der Waals surface area (Å²) < 4.78 is 42.7. The van der Waals surface area contributed by atoms with Crippen LogP contribution in [0.1, 0.15) is 11.1 Å². The maximum Gasteiger partial charge on any atom is 0.417 e. The number of hydrogen-bond donors (Lipinski definition) is 3. The number of aromatic nitrogens is 1. The number of anilines is 1. The molecule has 0 aliphatic carbocycles. The largest absolute Gasteiger partial charge is 0.497 e. The van der Waals surface area contributed by atoms with E-state index in [0.29, 0.717) is 12.7 Å². The molecule has 10 heteroatoms. The molecule has 1 aromatic carbocycles. The summed E-state index contributed by atoms with van der Waals surface area (Å²) in [5.74, 6) is 0.775. The molecule has 25 heavy (non-hydrogen) atoms. The van der Waals surface area contributed by atoms with Gasteiger partial charge in [-0.1, -0.05) is 23.7 Å². The van der Waals surface area contributed by atoms with Crippen molar-refractivity contribution in [3.05, 3.63) is 52.7 Å². The summed E-state index contributed by atoms with van der Waals surface area (Å²) in [5, 5.41) is 2.98. The van der Waals surface area contributed by atoms with Crippen LogP contribution >= 0.6 is 23.8 Å². The van der Waals surface area contributed by atoms with Crippen molar-refractivity contribution < 1.29 is 17.9 Å². The van der Waals surface area contributed by atoms with E-state index in [2.05, 4.69) is 21.2 Å². The molecule has 2 aromatic rings. The molecule has 0 spiro atoms. The smallest absolute Gasteiger partial charge is 0.417 e. The van der Waals surface area contributed by atoms with Gasteiger partial charge < -0.3 is 10.1 Å². The molecule has 5 nitrogen and oxygen atoms in total. The van der Waals surface area contributed by atoms with Crippen molar-refractivity contribution in [1.82, 2.24) is 15.7 Å². The van der Waals surface area contributed by atoms with E-state index in [9.17, 15) is 13.2 Å². The molecule has 2 rings (SSSR count). The van der Waals surface area contributed by atoms with Gasteiger partial charge in [-0.25, -0.2) is 4.98 Å². The molecule has 0 radical (unpaired) electrons. The maximum absolute atomic E-state index is 12.5. The van der Waals surface area contributed by atoms with Gasteiger partial charge in [-0.2, -0.15) is 13.2 Å². The highest BCUT2D eigenvalue weighted by Gasteiger charge is 2.31. The van der Waals surface area contributed by atoms with Crippen LogP contribution in [0.4, 0.5) is 19.0 Å². The van der Waals surface area contributed by atoms with Gasteiger partial charge in [0.2, 0.25) is 0 Å². The van der Waals surface area contributed by atoms with E-state index in [4.69, 9.17) is 28.6 Å². The molecule has 1 heterocycles. The molecular weight excluding hydrogens is 377 g/mol. The number of benzene rings is 1. The van der Waals surface area contributed by atoms with Crippen LogP contribution in [0.15, 0.2) is 36.5 Å². The van der Waals surface area contributed by atoms with Crippen LogP contribution in [0.5, 0.6) is 5.75 Å². The minimum atomic E-state index is -4.50. The Balaban J connectivity index is 1.85. The van der Waals surface area contributed by atoms with Gasteiger partial charge in [0.1, 0.15) is 5.75 Å². The quantitative estimate of drug-likeness (QED) is 0.534. The highest BCUT2D eigenvalue weighted by Crippen LogP contribution is 2.32. The van der Waals surface area contributed by atoms with Gasteiger partial charge in [0.25, 0.3) is 0 Å². The summed E-state index contributed by atoms with van der Waals surface area (Å²) in [7, 11) is 1.58. The van der Waals surface area contributed by atoms with E-state index in [-0.39, 0.29) is 16.0 Å². The number of hydrogen-bond acceptors (Lipinski definition) is 4. The van der Waals surface area contributed by atoms with Gasteiger partial charge in [-0.15, -0.1) is 0 Å². The molecule has 0 bridgehead atoms. The second kappa shape index (κ2) is 8.21. The monoisotopic (exact) mass is 390 g/mol. The fraction of sp³-hybridized carbons (Fsp3) is 0.200. The first-order valence-corrected chi connectivity index (χ1v) is 7.73. The van der Waals surface area contributed by atoms with Crippen LogP contribution in [-0.2, 0) is 12.7 Å². The Morgan fingerprint density at radius 2 is 1.96 bits per heavy atom. The number of nitrogens with one attached hydrogen (secondary N) is 3. The molecule has 134 valence electrons. The number of thiocarbonyl (C=S) groups is 1. The third kappa shape index (κ3) is 5.64. The van der Waals surface area contributed by atoms with Gasteiger partial charge in [0, 0.05) is 12.7 Å². The maximum atomic E-state index is 12.5. The fourth-order valence-corrected chi connectivity index (χ4v) is 2.11. The van der Waals surface area contributed by atoms with Crippen LogP contribution in [0, 0.1) is 0 Å². The first kappa shape index (κ1) is 19.1. The molecule has 0 fully saturated rings. The van der Waals surface area contributed by atoms with Gasteiger partial charge in [0.05, 0.1) is 17.7 Å². The highest BCUT2D eigenvalue weighted by molar-refractivity contribution is 7.80. The van der Waals surface area contributed by atoms with Crippen molar-refractivity contribution in [2.45, 2.75) is 12.7 Å². The van der Waals surface area contributed by atoms with Crippen molar-refractivity contribution in [1.29, 1.82) is 0 Å². The summed E-state index contributed by atoms with van der Waals surface area (Å²) in [5.41, 5.74) is 5.21. The van der Waals surface area contributed by atoms with E-state index in [1.807, 2.05) is 24.3 Å². The van der Waals surface area contributed by atoms with E-state index >= 15 is 0 Å². The Labute approximate surface area is 152 Å². The fourth-order valence-electron chi connectivity index (χ4n) is 1.77. The van der Waals surface area contributed by atoms with Crippen LogP contribution in [0.3, 0.4) is 0 Å². The Morgan fingerprint density at radius 3 is 2.52 bits per heavy atom. The Morgan fingerprint density at radius 1 is 1.28 bits per heavy atom. The van der Waals surface area contributed by atoms with Crippen molar-refractivity contribution in [3.8, 4) is 5.75 Å². The van der Waals surface area contributed by atoms with Crippen LogP contribution in [-0.4, -0.2) is 17.2 Å². The molecule has 0 saturated heterocycles. The number of halogens is 4. The van der Waals surface area contributed by atoms with E-state index in [1.54, 1.807) is 7.11 Å². The summed E-state index contributed by atoms with van der Waals surface area (Å²) in [6.45, 7) is 0.450. The number of nitrogens with zero attached hydrogens (tertiary/aromatic N) is 1. The van der Waals surface area contributed by atoms with Crippen molar-refractivity contribution >= 4 is 34.7 Å². The lowest BCUT2D eigenvalue weighted by Crippen LogP contribution is -2.38.